The van der Waals surface area contributed by atoms with Crippen LogP contribution >= 0.6 is 11.3 Å². The molecule has 5 heteroatoms. The second-order valence-electron chi connectivity index (χ2n) is 5.34. The molecule has 2 aromatic heterocycles. The summed E-state index contributed by atoms with van der Waals surface area (Å²) in [4.78, 5) is 7.15. The molecular formula is C17H21N3OS. The molecule has 0 spiro atoms. The minimum absolute atomic E-state index is 0.728. The number of ether oxygens (including phenoxy) is 1. The zero-order valence-corrected chi connectivity index (χ0v) is 13.8. The lowest BCUT2D eigenvalue weighted by Crippen LogP contribution is -2.18. The Labute approximate surface area is 135 Å². The van der Waals surface area contributed by atoms with E-state index in [4.69, 9.17) is 4.74 Å². The number of methoxy groups -OCH3 is 1. The quantitative estimate of drug-likeness (QED) is 0.802. The van der Waals surface area contributed by atoms with E-state index >= 15 is 0 Å². The molecule has 3 rings (SSSR count). The third-order valence-corrected chi connectivity index (χ3v) is 4.97. The van der Waals surface area contributed by atoms with Crippen molar-refractivity contribution in [1.82, 2.24) is 10.3 Å². The Balaban J connectivity index is 1.69. The number of pyridine rings is 1. The number of hydrogen-bond acceptors (Lipinski definition) is 5. The second-order valence-corrected chi connectivity index (χ2v) is 6.39. The molecule has 0 amide bonds. The molecule has 0 unspecified atom stereocenters. The fraction of sp³-hybridized carbons (Fsp3) is 0.353. The summed E-state index contributed by atoms with van der Waals surface area (Å²) in [5, 5.41) is 6.75. The van der Waals surface area contributed by atoms with Crippen LogP contribution < -0.4 is 10.6 Å². The van der Waals surface area contributed by atoms with E-state index in [-0.39, 0.29) is 0 Å². The van der Waals surface area contributed by atoms with Crippen LogP contribution in [0.5, 0.6) is 0 Å². The molecule has 0 aromatic carbocycles. The van der Waals surface area contributed by atoms with Gasteiger partial charge in [-0.2, -0.15) is 0 Å². The summed E-state index contributed by atoms with van der Waals surface area (Å²) >= 11 is 1.80. The molecule has 4 nitrogen and oxygen atoms in total. The van der Waals surface area contributed by atoms with Gasteiger partial charge in [-0.15, -0.1) is 11.3 Å². The molecule has 0 bridgehead atoms. The molecule has 22 heavy (non-hydrogen) atoms. The zero-order chi connectivity index (χ0) is 15.4. The highest BCUT2D eigenvalue weighted by atomic mass is 32.1. The Morgan fingerprint density at radius 1 is 1.41 bits per heavy atom. The third-order valence-electron chi connectivity index (χ3n) is 3.68. The summed E-state index contributed by atoms with van der Waals surface area (Å²) < 4.78 is 5.02. The van der Waals surface area contributed by atoms with Gasteiger partial charge in [-0.25, -0.2) is 0 Å². The van der Waals surface area contributed by atoms with E-state index in [9.17, 15) is 0 Å². The summed E-state index contributed by atoms with van der Waals surface area (Å²) in [6, 6.07) is 6.44. The summed E-state index contributed by atoms with van der Waals surface area (Å²) in [5.74, 6) is 0. The molecule has 0 radical (unpaired) electrons. The lowest BCUT2D eigenvalue weighted by Gasteiger charge is -2.11. The van der Waals surface area contributed by atoms with Gasteiger partial charge in [-0.1, -0.05) is 12.1 Å². The highest BCUT2D eigenvalue weighted by molar-refractivity contribution is 7.17. The number of aromatic nitrogens is 1. The van der Waals surface area contributed by atoms with Crippen LogP contribution in [0.4, 0.5) is 5.69 Å². The average molecular weight is 315 g/mol. The molecule has 2 aromatic rings. The molecule has 1 aliphatic heterocycles. The molecule has 0 atom stereocenters. The monoisotopic (exact) mass is 315 g/mol. The first-order valence-electron chi connectivity index (χ1n) is 7.47. The Morgan fingerprint density at radius 3 is 3.05 bits per heavy atom. The fourth-order valence-corrected chi connectivity index (χ4v) is 3.54. The minimum Gasteiger partial charge on any atom is -0.383 e. The van der Waals surface area contributed by atoms with Crippen molar-refractivity contribution in [3.05, 3.63) is 40.9 Å². The second kappa shape index (κ2) is 7.05. The lowest BCUT2D eigenvalue weighted by atomic mass is 10.1. The van der Waals surface area contributed by atoms with Crippen LogP contribution in [-0.4, -0.2) is 31.8 Å². The van der Waals surface area contributed by atoms with Crippen LogP contribution in [0.2, 0.25) is 0 Å². The number of thiophene rings is 1. The molecule has 3 heterocycles. The van der Waals surface area contributed by atoms with Gasteiger partial charge in [0.05, 0.1) is 27.7 Å². The average Bonchev–Trinajstić information content (AvgIpc) is 2.98. The standard InChI is InChI=1S/C17H21N3OS/c1-12-5-6-19-15-9-16(22-17(12)15)14-4-3-13(11-20-14)10-18-7-8-21-2/h3-5,9,11,18-19H,6-8,10H2,1-2H3. The van der Waals surface area contributed by atoms with E-state index in [2.05, 4.69) is 46.8 Å². The third kappa shape index (κ3) is 3.38. The van der Waals surface area contributed by atoms with Gasteiger partial charge in [0, 0.05) is 32.9 Å². The van der Waals surface area contributed by atoms with Gasteiger partial charge in [0.25, 0.3) is 0 Å². The van der Waals surface area contributed by atoms with Crippen LogP contribution in [0.25, 0.3) is 16.1 Å². The Kier molecular flexibility index (Phi) is 4.87. The number of nitrogens with zero attached hydrogens (tertiary/aromatic N) is 1. The Hall–Kier alpha value is -1.69. The number of allylic oxidation sites excluding steroid dienone is 1. The first kappa shape index (κ1) is 15.2. The number of hydrogen-bond donors (Lipinski definition) is 2. The van der Waals surface area contributed by atoms with Crippen LogP contribution in [-0.2, 0) is 11.3 Å². The maximum atomic E-state index is 5.02. The van der Waals surface area contributed by atoms with Crippen molar-refractivity contribution < 1.29 is 4.74 Å². The van der Waals surface area contributed by atoms with Crippen LogP contribution in [0.15, 0.2) is 30.5 Å². The summed E-state index contributed by atoms with van der Waals surface area (Å²) in [7, 11) is 1.71. The van der Waals surface area contributed by atoms with Crippen molar-refractivity contribution in [3.8, 4) is 10.6 Å². The van der Waals surface area contributed by atoms with E-state index in [0.29, 0.717) is 0 Å². The first-order valence-corrected chi connectivity index (χ1v) is 8.29. The molecule has 0 saturated heterocycles. The van der Waals surface area contributed by atoms with Crippen LogP contribution in [0.1, 0.15) is 17.4 Å². The fourth-order valence-electron chi connectivity index (χ4n) is 2.43. The van der Waals surface area contributed by atoms with Crippen molar-refractivity contribution in [2.24, 2.45) is 0 Å². The Bertz CT molecular complexity index is 661. The van der Waals surface area contributed by atoms with Gasteiger partial charge in [-0.05, 0) is 30.2 Å². The predicted molar refractivity (Wildman–Crippen MR) is 93.3 cm³/mol. The minimum atomic E-state index is 0.728. The molecule has 1 aliphatic rings. The van der Waals surface area contributed by atoms with Gasteiger partial charge >= 0.3 is 0 Å². The van der Waals surface area contributed by atoms with Crippen molar-refractivity contribution in [3.63, 3.8) is 0 Å². The van der Waals surface area contributed by atoms with E-state index < -0.39 is 0 Å². The van der Waals surface area contributed by atoms with E-state index in [1.54, 1.807) is 18.4 Å². The van der Waals surface area contributed by atoms with Crippen LogP contribution in [0, 0.1) is 0 Å². The van der Waals surface area contributed by atoms with E-state index in [1.165, 1.54) is 26.6 Å². The van der Waals surface area contributed by atoms with Crippen molar-refractivity contribution >= 4 is 22.6 Å². The Morgan fingerprint density at radius 2 is 2.32 bits per heavy atom. The molecule has 2 N–H and O–H groups in total. The van der Waals surface area contributed by atoms with Crippen molar-refractivity contribution in [1.29, 1.82) is 0 Å². The van der Waals surface area contributed by atoms with Crippen molar-refractivity contribution in [2.75, 3.05) is 32.1 Å². The maximum Gasteiger partial charge on any atom is 0.0802 e. The van der Waals surface area contributed by atoms with E-state index in [1.807, 2.05) is 6.20 Å². The predicted octanol–water partition coefficient (Wildman–Crippen LogP) is 3.37. The molecule has 0 fully saturated rings. The van der Waals surface area contributed by atoms with Crippen molar-refractivity contribution in [2.45, 2.75) is 13.5 Å². The van der Waals surface area contributed by atoms with Gasteiger partial charge in [0.2, 0.25) is 0 Å². The van der Waals surface area contributed by atoms with Crippen LogP contribution in [0.3, 0.4) is 0 Å². The largest absolute Gasteiger partial charge is 0.383 e. The number of nitrogens with one attached hydrogen (secondary N) is 2. The zero-order valence-electron chi connectivity index (χ0n) is 13.0. The molecule has 0 aliphatic carbocycles. The van der Waals surface area contributed by atoms with Gasteiger partial charge in [0.1, 0.15) is 0 Å². The highest BCUT2D eigenvalue weighted by Crippen LogP contribution is 2.39. The molecule has 0 saturated carbocycles. The summed E-state index contributed by atoms with van der Waals surface area (Å²) in [5.41, 5.74) is 4.81. The lowest BCUT2D eigenvalue weighted by molar-refractivity contribution is 0.199. The number of anilines is 1. The normalized spacial score (nSPS) is 13.5. The maximum absolute atomic E-state index is 5.02. The first-order chi connectivity index (χ1) is 10.8. The van der Waals surface area contributed by atoms with Gasteiger partial charge in [-0.3, -0.25) is 4.98 Å². The smallest absolute Gasteiger partial charge is 0.0802 e. The molecular weight excluding hydrogens is 294 g/mol. The number of rotatable bonds is 6. The summed E-state index contributed by atoms with van der Waals surface area (Å²) in [6.07, 6.45) is 4.18. The van der Waals surface area contributed by atoms with E-state index in [0.717, 1.165) is 31.9 Å². The van der Waals surface area contributed by atoms with Gasteiger partial charge in [0.15, 0.2) is 0 Å². The highest BCUT2D eigenvalue weighted by Gasteiger charge is 2.14. The molecule has 116 valence electrons. The topological polar surface area (TPSA) is 46.2 Å². The summed E-state index contributed by atoms with van der Waals surface area (Å²) in [6.45, 7) is 5.48. The SMILES string of the molecule is COCCNCc1ccc(-c2cc3c(s2)C(C)=CCN3)nc1. The number of fused-ring (bicyclic) bond motifs is 1. The van der Waals surface area contributed by atoms with Gasteiger partial charge < -0.3 is 15.4 Å².